The van der Waals surface area contributed by atoms with E-state index in [0.29, 0.717) is 5.57 Å². The molecule has 3 aliphatic heterocycles. The summed E-state index contributed by atoms with van der Waals surface area (Å²) in [6.45, 7) is 5.32. The fraction of sp³-hybridized carbons (Fsp3) is 0.765. The minimum atomic E-state index is -2.40. The van der Waals surface area contributed by atoms with E-state index in [4.69, 9.17) is 28.4 Å². The zero-order chi connectivity index (χ0) is 37.5. The molecule has 0 aromatic rings. The Morgan fingerprint density at radius 3 is 2.37 bits per heavy atom. The molecule has 0 amide bonds. The van der Waals surface area contributed by atoms with E-state index in [1.165, 1.54) is 13.0 Å². The number of aliphatic hydroxyl groups is 7. The lowest BCUT2D eigenvalue weighted by Gasteiger charge is -2.67. The molecule has 1 spiro atoms. The van der Waals surface area contributed by atoms with E-state index >= 15 is 0 Å². The van der Waals surface area contributed by atoms with Crippen LogP contribution in [0.2, 0.25) is 0 Å². The smallest absolute Gasteiger partial charge is 0.348 e. The van der Waals surface area contributed by atoms with E-state index in [-0.39, 0.29) is 25.2 Å². The van der Waals surface area contributed by atoms with Crippen molar-refractivity contribution in [2.24, 2.45) is 34.5 Å². The second kappa shape index (κ2) is 13.1. The van der Waals surface area contributed by atoms with Gasteiger partial charge in [-0.3, -0.25) is 4.79 Å². The van der Waals surface area contributed by atoms with Crippen molar-refractivity contribution in [3.63, 3.8) is 0 Å². The first kappa shape index (κ1) is 37.7. The van der Waals surface area contributed by atoms with Crippen LogP contribution in [0, 0.1) is 34.5 Å². The summed E-state index contributed by atoms with van der Waals surface area (Å²) < 4.78 is 34.2. The molecule has 0 radical (unpaired) electrons. The summed E-state index contributed by atoms with van der Waals surface area (Å²) in [6, 6.07) is 0. The van der Waals surface area contributed by atoms with Gasteiger partial charge in [0.1, 0.15) is 36.6 Å². The van der Waals surface area contributed by atoms with Gasteiger partial charge in [0, 0.05) is 23.3 Å². The Hall–Kier alpha value is -3.00. The summed E-state index contributed by atoms with van der Waals surface area (Å²) in [5.74, 6) is -8.29. The number of hydrogen-bond donors (Lipinski definition) is 7. The van der Waals surface area contributed by atoms with Crippen LogP contribution < -0.4 is 0 Å². The largest absolute Gasteiger partial charge is 0.467 e. The summed E-state index contributed by atoms with van der Waals surface area (Å²) in [5.41, 5.74) is -4.94. The molecule has 2 saturated carbocycles. The number of aliphatic hydroxyl groups excluding tert-OH is 7. The molecule has 0 aromatic carbocycles. The number of carbonyl (C=O) groups excluding carboxylic acids is 4. The fourth-order valence-electron chi connectivity index (χ4n) is 10.0. The lowest BCUT2D eigenvalue weighted by molar-refractivity contribution is -0.296. The molecule has 3 heterocycles. The Morgan fingerprint density at radius 2 is 1.76 bits per heavy atom. The molecule has 51 heavy (non-hydrogen) atoms. The third-order valence-electron chi connectivity index (χ3n) is 12.4. The summed E-state index contributed by atoms with van der Waals surface area (Å²) in [4.78, 5) is 54.6. The maximum Gasteiger partial charge on any atom is 0.348 e. The molecule has 2 bridgehead atoms. The summed E-state index contributed by atoms with van der Waals surface area (Å²) in [6.07, 6.45) is -13.4. The summed E-state index contributed by atoms with van der Waals surface area (Å²) in [7, 11) is 1.03. The first-order chi connectivity index (χ1) is 24.0. The summed E-state index contributed by atoms with van der Waals surface area (Å²) >= 11 is 0. The van der Waals surface area contributed by atoms with Crippen LogP contribution >= 0.6 is 0 Å². The first-order valence-corrected chi connectivity index (χ1v) is 17.1. The Balaban J connectivity index is 1.47. The molecular weight excluding hydrogens is 680 g/mol. The number of methoxy groups -OCH3 is 1. The van der Waals surface area contributed by atoms with E-state index in [1.807, 2.05) is 0 Å². The average molecular weight is 727 g/mol. The van der Waals surface area contributed by atoms with Crippen molar-refractivity contribution >= 4 is 23.7 Å². The Labute approximate surface area is 292 Å². The maximum atomic E-state index is 13.8. The highest BCUT2D eigenvalue weighted by atomic mass is 16.7. The van der Waals surface area contributed by atoms with Crippen LogP contribution in [0.25, 0.3) is 0 Å². The topological polar surface area (TPSA) is 265 Å². The van der Waals surface area contributed by atoms with Gasteiger partial charge in [-0.05, 0) is 42.7 Å². The highest BCUT2D eigenvalue weighted by molar-refractivity contribution is 5.97. The molecule has 7 N–H and O–H groups in total. The quantitative estimate of drug-likeness (QED) is 0.0767. The van der Waals surface area contributed by atoms with Gasteiger partial charge in [-0.15, -0.1) is 0 Å². The number of Topliss-reactive ketones (excluding diaryl/α,β-unsaturated/α-hetero) is 1. The molecule has 0 aromatic heterocycles. The van der Waals surface area contributed by atoms with Gasteiger partial charge in [-0.25, -0.2) is 14.4 Å². The molecule has 17 atom stereocenters. The van der Waals surface area contributed by atoms with E-state index in [1.54, 1.807) is 20.8 Å². The van der Waals surface area contributed by atoms with Gasteiger partial charge < -0.3 is 64.2 Å². The number of ether oxygens (including phenoxy) is 6. The Kier molecular flexibility index (Phi) is 9.73. The van der Waals surface area contributed by atoms with Crippen molar-refractivity contribution in [1.29, 1.82) is 0 Å². The molecule has 1 unspecified atom stereocenters. The number of hydrogen-bond acceptors (Lipinski definition) is 17. The second-order valence-electron chi connectivity index (χ2n) is 14.8. The van der Waals surface area contributed by atoms with Crippen LogP contribution in [0.5, 0.6) is 0 Å². The van der Waals surface area contributed by atoms with Crippen LogP contribution in [-0.2, 0) is 47.6 Å². The van der Waals surface area contributed by atoms with Crippen molar-refractivity contribution in [3.05, 3.63) is 23.5 Å². The van der Waals surface area contributed by atoms with Crippen molar-refractivity contribution < 1.29 is 83.3 Å². The van der Waals surface area contributed by atoms with E-state index < -0.39 is 132 Å². The lowest BCUT2D eigenvalue weighted by Crippen LogP contribution is -2.79. The van der Waals surface area contributed by atoms with E-state index in [0.717, 1.165) is 13.2 Å². The second-order valence-corrected chi connectivity index (χ2v) is 14.8. The number of ketones is 1. The summed E-state index contributed by atoms with van der Waals surface area (Å²) in [5, 5.41) is 74.9. The van der Waals surface area contributed by atoms with Crippen LogP contribution in [0.15, 0.2) is 23.5 Å². The third kappa shape index (κ3) is 5.22. The van der Waals surface area contributed by atoms with Gasteiger partial charge in [0.2, 0.25) is 18.0 Å². The SMILES string of the molecule is CC/C(=C/C(=O)O[C@H]1C(=O)O[C@@H]2C[C@H]3[C@H](C)C(=O)C(O[C@@H]4O[C@H](CO)[C@@H](O)[C@H](O)[C@H]4O)=C[C@]3(C)[C@H]3[C@@H](O)[C@H](O)[C@@]4(C(=O)OC)OC[C@]32[C@@H]14)C(C)O. The number of allylic oxidation sites excluding steroid dienone is 2. The molecular formula is C34H46O17. The lowest BCUT2D eigenvalue weighted by atomic mass is 9.38. The van der Waals surface area contributed by atoms with Crippen LogP contribution in [0.3, 0.4) is 0 Å². The molecule has 6 aliphatic rings. The standard InChI is InChI=1S/C34H46O17/c1-6-14(13(3)36)7-19(37)51-25-27-33-11-47-34(27,31(45)46-5)28(43)24(42)26(33)32(4)9-16(20(38)12(2)15(32)8-18(33)50-29(25)44)48-30-23(41)22(40)21(39)17(10-35)49-30/h7,9,12-13,15,17-18,21-28,30,35-36,39-43H,6,8,10-11H2,1-5H3/b14-7-/t12-,13?,15-,17+,18+,21+,22-,23+,24+,25+,26+,27+,28-,30+,32-,33+,34-/m0/s1. The minimum absolute atomic E-state index is 0.0119. The van der Waals surface area contributed by atoms with Crippen molar-refractivity contribution in [1.82, 2.24) is 0 Å². The number of esters is 3. The minimum Gasteiger partial charge on any atom is -0.467 e. The highest BCUT2D eigenvalue weighted by Crippen LogP contribution is 2.72. The normalized spacial score (nSPS) is 48.0. The maximum absolute atomic E-state index is 13.8. The van der Waals surface area contributed by atoms with E-state index in [2.05, 4.69) is 0 Å². The number of rotatable bonds is 8. The molecule has 3 saturated heterocycles. The zero-order valence-corrected chi connectivity index (χ0v) is 28.8. The molecule has 17 nitrogen and oxygen atoms in total. The predicted molar refractivity (Wildman–Crippen MR) is 165 cm³/mol. The van der Waals surface area contributed by atoms with Crippen molar-refractivity contribution in [2.75, 3.05) is 20.3 Å². The zero-order valence-electron chi connectivity index (χ0n) is 28.8. The van der Waals surface area contributed by atoms with Crippen LogP contribution in [0.1, 0.15) is 40.5 Å². The van der Waals surface area contributed by atoms with Crippen molar-refractivity contribution in [2.45, 2.75) is 107 Å². The molecule has 284 valence electrons. The van der Waals surface area contributed by atoms with Gasteiger partial charge >= 0.3 is 17.9 Å². The number of fused-ring (bicyclic) bond motifs is 2. The Morgan fingerprint density at radius 1 is 1.08 bits per heavy atom. The van der Waals surface area contributed by atoms with Gasteiger partial charge in [0.25, 0.3) is 0 Å². The van der Waals surface area contributed by atoms with Crippen LogP contribution in [0.4, 0.5) is 0 Å². The molecule has 6 rings (SSSR count). The molecule has 3 aliphatic carbocycles. The average Bonchev–Trinajstić information content (AvgIpc) is 3.40. The van der Waals surface area contributed by atoms with Gasteiger partial charge in [-0.2, -0.15) is 0 Å². The van der Waals surface area contributed by atoms with Crippen molar-refractivity contribution in [3.8, 4) is 0 Å². The van der Waals surface area contributed by atoms with E-state index in [9.17, 15) is 54.9 Å². The fourth-order valence-corrected chi connectivity index (χ4v) is 10.0. The third-order valence-corrected chi connectivity index (χ3v) is 12.4. The molecule has 5 fully saturated rings. The monoisotopic (exact) mass is 726 g/mol. The predicted octanol–water partition coefficient (Wildman–Crippen LogP) is -2.62. The highest BCUT2D eigenvalue weighted by Gasteiger charge is 2.85. The number of carbonyl (C=O) groups is 4. The van der Waals surface area contributed by atoms with Gasteiger partial charge in [0.05, 0.1) is 38.4 Å². The first-order valence-electron chi connectivity index (χ1n) is 17.1. The Bertz CT molecular complexity index is 1510. The van der Waals surface area contributed by atoms with Gasteiger partial charge in [-0.1, -0.05) is 20.8 Å². The van der Waals surface area contributed by atoms with Crippen LogP contribution in [-0.4, -0.2) is 147 Å². The van der Waals surface area contributed by atoms with Gasteiger partial charge in [0.15, 0.2) is 11.5 Å². The molecule has 17 heteroatoms.